The first-order valence-corrected chi connectivity index (χ1v) is 7.68. The van der Waals surface area contributed by atoms with E-state index in [0.717, 1.165) is 19.3 Å². The van der Waals surface area contributed by atoms with Crippen LogP contribution in [0.3, 0.4) is 0 Å². The van der Waals surface area contributed by atoms with Crippen LogP contribution < -0.4 is 0 Å². The lowest BCUT2D eigenvalue weighted by molar-refractivity contribution is 0.215. The molecular formula is C16H13BrClFO. The first kappa shape index (κ1) is 14.1. The van der Waals surface area contributed by atoms with Crippen LogP contribution in [0.5, 0.6) is 0 Å². The summed E-state index contributed by atoms with van der Waals surface area (Å²) < 4.78 is 14.6. The molecule has 0 fully saturated rings. The highest BCUT2D eigenvalue weighted by Crippen LogP contribution is 2.34. The third-order valence-electron chi connectivity index (χ3n) is 3.80. The zero-order chi connectivity index (χ0) is 14.3. The van der Waals surface area contributed by atoms with Crippen LogP contribution in [-0.4, -0.2) is 5.11 Å². The van der Waals surface area contributed by atoms with Gasteiger partial charge in [-0.05, 0) is 57.9 Å². The topological polar surface area (TPSA) is 20.2 Å². The minimum atomic E-state index is -0.994. The van der Waals surface area contributed by atoms with E-state index in [2.05, 4.69) is 15.9 Å². The third-order valence-corrected chi connectivity index (χ3v) is 5.06. The van der Waals surface area contributed by atoms with E-state index in [-0.39, 0.29) is 10.6 Å². The zero-order valence-electron chi connectivity index (χ0n) is 10.7. The predicted octanol–water partition coefficient (Wildman–Crippen LogP) is 4.81. The summed E-state index contributed by atoms with van der Waals surface area (Å²) in [7, 11) is 0. The van der Waals surface area contributed by atoms with Crippen LogP contribution in [0.4, 0.5) is 4.39 Å². The van der Waals surface area contributed by atoms with Crippen molar-refractivity contribution in [3.05, 3.63) is 67.9 Å². The minimum Gasteiger partial charge on any atom is -0.384 e. The van der Waals surface area contributed by atoms with Gasteiger partial charge in [-0.15, -0.1) is 0 Å². The van der Waals surface area contributed by atoms with Crippen molar-refractivity contribution in [2.75, 3.05) is 0 Å². The highest BCUT2D eigenvalue weighted by atomic mass is 79.9. The van der Waals surface area contributed by atoms with Crippen LogP contribution in [-0.2, 0) is 12.8 Å². The second-order valence-corrected chi connectivity index (χ2v) is 6.28. The van der Waals surface area contributed by atoms with Crippen molar-refractivity contribution >= 4 is 27.5 Å². The maximum atomic E-state index is 14.2. The summed E-state index contributed by atoms with van der Waals surface area (Å²) in [5, 5.41) is 10.4. The molecule has 1 unspecified atom stereocenters. The molecule has 0 saturated heterocycles. The van der Waals surface area contributed by atoms with Gasteiger partial charge in [0.2, 0.25) is 0 Å². The van der Waals surface area contributed by atoms with Gasteiger partial charge in [-0.2, -0.15) is 0 Å². The number of fused-ring (bicyclic) bond motifs is 1. The number of halogens is 3. The molecule has 1 aliphatic rings. The van der Waals surface area contributed by atoms with Crippen molar-refractivity contribution in [1.82, 2.24) is 0 Å². The van der Waals surface area contributed by atoms with Crippen LogP contribution in [0.1, 0.15) is 34.8 Å². The van der Waals surface area contributed by atoms with Gasteiger partial charge in [-0.25, -0.2) is 4.39 Å². The summed E-state index contributed by atoms with van der Waals surface area (Å²) in [4.78, 5) is 0. The molecule has 0 aromatic heterocycles. The second-order valence-electron chi connectivity index (χ2n) is 5.05. The molecule has 0 spiro atoms. The van der Waals surface area contributed by atoms with Crippen LogP contribution >= 0.6 is 27.5 Å². The van der Waals surface area contributed by atoms with Crippen molar-refractivity contribution in [3.63, 3.8) is 0 Å². The maximum absolute atomic E-state index is 14.2. The highest BCUT2D eigenvalue weighted by molar-refractivity contribution is 9.10. The smallest absolute Gasteiger partial charge is 0.149 e. The first-order chi connectivity index (χ1) is 9.58. The number of hydrogen-bond donors (Lipinski definition) is 1. The van der Waals surface area contributed by atoms with E-state index < -0.39 is 11.9 Å². The maximum Gasteiger partial charge on any atom is 0.149 e. The van der Waals surface area contributed by atoms with Gasteiger partial charge in [0.05, 0.1) is 5.02 Å². The van der Waals surface area contributed by atoms with Gasteiger partial charge in [0.15, 0.2) is 0 Å². The van der Waals surface area contributed by atoms with Crippen LogP contribution in [0.25, 0.3) is 0 Å². The Hall–Kier alpha value is -0.900. The molecule has 0 radical (unpaired) electrons. The summed E-state index contributed by atoms with van der Waals surface area (Å²) >= 11 is 9.05. The van der Waals surface area contributed by atoms with Gasteiger partial charge < -0.3 is 5.11 Å². The molecule has 20 heavy (non-hydrogen) atoms. The van der Waals surface area contributed by atoms with E-state index in [1.54, 1.807) is 12.1 Å². The van der Waals surface area contributed by atoms with E-state index in [1.807, 2.05) is 18.2 Å². The molecular weight excluding hydrogens is 343 g/mol. The number of aliphatic hydroxyl groups excluding tert-OH is 1. The summed E-state index contributed by atoms with van der Waals surface area (Å²) in [6.45, 7) is 0. The molecule has 104 valence electrons. The quantitative estimate of drug-likeness (QED) is 0.766. The molecule has 0 bridgehead atoms. The van der Waals surface area contributed by atoms with E-state index in [9.17, 15) is 9.50 Å². The SMILES string of the molecule is OC(c1ccc2c(c1)CCC2)c1ccc(Br)c(Cl)c1F. The summed E-state index contributed by atoms with van der Waals surface area (Å²) in [6.07, 6.45) is 2.27. The second kappa shape index (κ2) is 5.47. The van der Waals surface area contributed by atoms with Gasteiger partial charge in [0, 0.05) is 10.0 Å². The molecule has 0 heterocycles. The minimum absolute atomic E-state index is 0.00251. The number of benzene rings is 2. The Bertz CT molecular complexity index is 672. The Labute approximate surface area is 130 Å². The number of hydrogen-bond acceptors (Lipinski definition) is 1. The van der Waals surface area contributed by atoms with Crippen molar-refractivity contribution < 1.29 is 9.50 Å². The van der Waals surface area contributed by atoms with Crippen LogP contribution in [0.2, 0.25) is 5.02 Å². The molecule has 2 aromatic carbocycles. The molecule has 2 aromatic rings. The highest BCUT2D eigenvalue weighted by Gasteiger charge is 2.20. The van der Waals surface area contributed by atoms with Crippen molar-refractivity contribution in [1.29, 1.82) is 0 Å². The molecule has 1 N–H and O–H groups in total. The molecule has 1 atom stereocenters. The summed E-state index contributed by atoms with van der Waals surface area (Å²) in [5.74, 6) is -0.575. The standard InChI is InChI=1S/C16H13BrClFO/c17-13-7-6-12(15(19)14(13)18)16(20)11-5-4-9-2-1-3-10(9)8-11/h4-8,16,20H,1-3H2. The third kappa shape index (κ3) is 2.39. The fourth-order valence-electron chi connectivity index (χ4n) is 2.69. The van der Waals surface area contributed by atoms with E-state index in [1.165, 1.54) is 11.1 Å². The number of aryl methyl sites for hydroxylation is 2. The van der Waals surface area contributed by atoms with Crippen LogP contribution in [0, 0.1) is 5.82 Å². The molecule has 4 heteroatoms. The molecule has 0 amide bonds. The van der Waals surface area contributed by atoms with E-state index in [0.29, 0.717) is 10.0 Å². The Balaban J connectivity index is 2.00. The van der Waals surface area contributed by atoms with E-state index in [4.69, 9.17) is 11.6 Å². The molecule has 0 aliphatic heterocycles. The summed E-state index contributed by atoms with van der Waals surface area (Å²) in [6, 6.07) is 9.08. The van der Waals surface area contributed by atoms with Crippen molar-refractivity contribution in [3.8, 4) is 0 Å². The average molecular weight is 356 g/mol. The van der Waals surface area contributed by atoms with Gasteiger partial charge in [-0.3, -0.25) is 0 Å². The van der Waals surface area contributed by atoms with Crippen molar-refractivity contribution in [2.24, 2.45) is 0 Å². The van der Waals surface area contributed by atoms with Crippen molar-refractivity contribution in [2.45, 2.75) is 25.4 Å². The zero-order valence-corrected chi connectivity index (χ0v) is 13.0. The largest absolute Gasteiger partial charge is 0.384 e. The Kier molecular flexibility index (Phi) is 3.85. The average Bonchev–Trinajstić information content (AvgIpc) is 2.91. The van der Waals surface area contributed by atoms with Gasteiger partial charge in [0.25, 0.3) is 0 Å². The van der Waals surface area contributed by atoms with Gasteiger partial charge in [-0.1, -0.05) is 35.9 Å². The normalized spacial score (nSPS) is 15.2. The van der Waals surface area contributed by atoms with Gasteiger partial charge >= 0.3 is 0 Å². The lowest BCUT2D eigenvalue weighted by atomic mass is 9.97. The lowest BCUT2D eigenvalue weighted by Crippen LogP contribution is -2.04. The van der Waals surface area contributed by atoms with Crippen LogP contribution in [0.15, 0.2) is 34.8 Å². The monoisotopic (exact) mass is 354 g/mol. The molecule has 3 rings (SSSR count). The fourth-order valence-corrected chi connectivity index (χ4v) is 3.17. The molecule has 1 nitrogen and oxygen atoms in total. The Morgan fingerprint density at radius 2 is 1.90 bits per heavy atom. The predicted molar refractivity (Wildman–Crippen MR) is 81.6 cm³/mol. The Morgan fingerprint density at radius 1 is 1.15 bits per heavy atom. The number of aliphatic hydroxyl groups is 1. The Morgan fingerprint density at radius 3 is 2.70 bits per heavy atom. The fraction of sp³-hybridized carbons (Fsp3) is 0.250. The molecule has 1 aliphatic carbocycles. The first-order valence-electron chi connectivity index (χ1n) is 6.51. The van der Waals surface area contributed by atoms with E-state index >= 15 is 0 Å². The molecule has 0 saturated carbocycles. The van der Waals surface area contributed by atoms with Gasteiger partial charge in [0.1, 0.15) is 11.9 Å². The lowest BCUT2D eigenvalue weighted by Gasteiger charge is -2.15. The number of rotatable bonds is 2. The summed E-state index contributed by atoms with van der Waals surface area (Å²) in [5.41, 5.74) is 3.50.